The molecule has 2 atom stereocenters. The number of unbranched alkanes of at least 4 members (excludes halogenated alkanes) is 5. The summed E-state index contributed by atoms with van der Waals surface area (Å²) >= 11 is 1.91. The lowest BCUT2D eigenvalue weighted by molar-refractivity contribution is -0.0466. The first-order chi connectivity index (χ1) is 16.9. The zero-order valence-electron chi connectivity index (χ0n) is 21.1. The lowest BCUT2D eigenvalue weighted by atomic mass is 10.1. The molecule has 3 heterocycles. The monoisotopic (exact) mass is 499 g/mol. The molecule has 1 aromatic rings. The highest BCUT2D eigenvalue weighted by Crippen LogP contribution is 2.23. The molecule has 2 aliphatic rings. The maximum Gasteiger partial charge on any atom is 0.176 e. The Balaban J connectivity index is 1.49. The highest BCUT2D eigenvalue weighted by molar-refractivity contribution is 7.99. The van der Waals surface area contributed by atoms with E-state index in [9.17, 15) is 0 Å². The van der Waals surface area contributed by atoms with E-state index in [1.54, 1.807) is 0 Å². The fourth-order valence-electron chi connectivity index (χ4n) is 4.23. The van der Waals surface area contributed by atoms with E-state index in [0.29, 0.717) is 45.5 Å². The van der Waals surface area contributed by atoms with Crippen molar-refractivity contribution < 1.29 is 23.7 Å². The van der Waals surface area contributed by atoms with E-state index in [4.69, 9.17) is 23.7 Å². The van der Waals surface area contributed by atoms with Crippen LogP contribution in [0.1, 0.15) is 89.0 Å². The Morgan fingerprint density at radius 2 is 1.68 bits per heavy atom. The molecular weight excluding hydrogens is 454 g/mol. The fraction of sp³-hybridized carbons (Fsp3) is 0.920. The molecule has 196 valence electrons. The average molecular weight is 500 g/mol. The van der Waals surface area contributed by atoms with Crippen molar-refractivity contribution in [1.29, 1.82) is 0 Å². The van der Waals surface area contributed by atoms with Crippen LogP contribution >= 0.6 is 11.8 Å². The number of nitrogens with zero attached hydrogens (tertiary/aromatic N) is 3. The summed E-state index contributed by atoms with van der Waals surface area (Å²) in [6, 6.07) is 0. The second kappa shape index (κ2) is 17.7. The summed E-state index contributed by atoms with van der Waals surface area (Å²) in [6.45, 7) is 6.79. The predicted molar refractivity (Wildman–Crippen MR) is 134 cm³/mol. The number of fused-ring (bicyclic) bond motifs is 2. The molecule has 2 aliphatic heterocycles. The van der Waals surface area contributed by atoms with E-state index in [2.05, 4.69) is 17.0 Å². The van der Waals surface area contributed by atoms with Crippen LogP contribution in [0.15, 0.2) is 0 Å². The fourth-order valence-corrected chi connectivity index (χ4v) is 5.16. The van der Waals surface area contributed by atoms with Gasteiger partial charge >= 0.3 is 0 Å². The minimum absolute atomic E-state index is 0.0685. The lowest BCUT2D eigenvalue weighted by Crippen LogP contribution is -2.22. The van der Waals surface area contributed by atoms with Crippen LogP contribution in [-0.4, -0.2) is 72.0 Å². The van der Waals surface area contributed by atoms with Crippen molar-refractivity contribution in [2.75, 3.05) is 51.1 Å². The summed E-state index contributed by atoms with van der Waals surface area (Å²) in [5.74, 6) is 3.44. The Morgan fingerprint density at radius 1 is 0.853 bits per heavy atom. The second-order valence-corrected chi connectivity index (χ2v) is 10.2. The molecule has 0 aromatic carbocycles. The quantitative estimate of drug-likeness (QED) is 0.467. The van der Waals surface area contributed by atoms with Crippen LogP contribution in [0.4, 0.5) is 0 Å². The first kappa shape index (κ1) is 27.9. The summed E-state index contributed by atoms with van der Waals surface area (Å²) < 4.78 is 31.5. The largest absolute Gasteiger partial charge is 0.378 e. The first-order valence-corrected chi connectivity index (χ1v) is 14.5. The Kier molecular flexibility index (Phi) is 14.5. The van der Waals surface area contributed by atoms with Crippen molar-refractivity contribution in [3.63, 3.8) is 0 Å². The van der Waals surface area contributed by atoms with E-state index < -0.39 is 0 Å². The zero-order valence-corrected chi connectivity index (χ0v) is 21.9. The predicted octanol–water partition coefficient (Wildman–Crippen LogP) is 4.91. The van der Waals surface area contributed by atoms with Crippen LogP contribution < -0.4 is 0 Å². The van der Waals surface area contributed by atoms with Crippen molar-refractivity contribution in [2.24, 2.45) is 0 Å². The summed E-state index contributed by atoms with van der Waals surface area (Å²) in [5.41, 5.74) is 0. The van der Waals surface area contributed by atoms with Crippen molar-refractivity contribution in [3.8, 4) is 0 Å². The third-order valence-electron chi connectivity index (χ3n) is 6.15. The summed E-state index contributed by atoms with van der Waals surface area (Å²) in [7, 11) is 0. The van der Waals surface area contributed by atoms with Gasteiger partial charge in [-0.25, -0.2) is 9.67 Å². The van der Waals surface area contributed by atoms with Gasteiger partial charge in [-0.1, -0.05) is 45.4 Å². The summed E-state index contributed by atoms with van der Waals surface area (Å²) in [6.07, 6.45) is 12.4. The molecule has 0 aliphatic carbocycles. The molecule has 3 rings (SSSR count). The molecular formula is C25H45N3O5S. The number of hydrogen-bond acceptors (Lipinski definition) is 8. The zero-order chi connectivity index (χ0) is 23.7. The number of aromatic nitrogens is 3. The Morgan fingerprint density at radius 3 is 2.56 bits per heavy atom. The summed E-state index contributed by atoms with van der Waals surface area (Å²) in [4.78, 5) is 4.67. The molecule has 0 amide bonds. The van der Waals surface area contributed by atoms with Gasteiger partial charge in [-0.15, -0.1) is 0 Å². The van der Waals surface area contributed by atoms with Crippen LogP contribution in [0.2, 0.25) is 0 Å². The Hall–Kier alpha value is -0.710. The van der Waals surface area contributed by atoms with Crippen molar-refractivity contribution in [3.05, 3.63) is 11.6 Å². The number of hydrogen-bond donors (Lipinski definition) is 0. The average Bonchev–Trinajstić information content (AvgIpc) is 3.27. The highest BCUT2D eigenvalue weighted by Gasteiger charge is 2.22. The highest BCUT2D eigenvalue weighted by atomic mass is 32.2. The van der Waals surface area contributed by atoms with Gasteiger partial charge < -0.3 is 23.7 Å². The van der Waals surface area contributed by atoms with Gasteiger partial charge in [-0.3, -0.25) is 0 Å². The van der Waals surface area contributed by atoms with Gasteiger partial charge in [-0.05, 0) is 25.7 Å². The number of thioether (sulfide) groups is 1. The van der Waals surface area contributed by atoms with Gasteiger partial charge in [0.1, 0.15) is 13.2 Å². The minimum Gasteiger partial charge on any atom is -0.378 e. The van der Waals surface area contributed by atoms with Crippen molar-refractivity contribution >= 4 is 11.8 Å². The second-order valence-electron chi connectivity index (χ2n) is 9.05. The topological polar surface area (TPSA) is 76.9 Å². The molecule has 34 heavy (non-hydrogen) atoms. The van der Waals surface area contributed by atoms with E-state index in [-0.39, 0.29) is 12.3 Å². The van der Waals surface area contributed by atoms with Crippen LogP contribution in [0.5, 0.6) is 0 Å². The maximum absolute atomic E-state index is 6.22. The van der Waals surface area contributed by atoms with E-state index >= 15 is 0 Å². The molecule has 1 saturated heterocycles. The van der Waals surface area contributed by atoms with Crippen LogP contribution in [-0.2, 0) is 36.9 Å². The standard InChI is InChI=1S/C25H45N3O5S/c1-2-3-4-5-6-7-10-22-21-34-18-17-29-13-14-30-19-23-26-24(20-31-15-16-32-22)28(27-23)25-11-8-9-12-33-25/h22,25H,2-21H2,1H3. The molecule has 2 unspecified atom stereocenters. The Labute approximate surface area is 209 Å². The molecule has 0 radical (unpaired) electrons. The molecule has 0 saturated carbocycles. The molecule has 2 bridgehead atoms. The molecule has 0 N–H and O–H groups in total. The third kappa shape index (κ3) is 10.9. The summed E-state index contributed by atoms with van der Waals surface area (Å²) in [5, 5.41) is 4.67. The SMILES string of the molecule is CCCCCCCCC1CSCCOCCOCc2nc(n(C3CCCCO3)n2)COCCO1. The minimum atomic E-state index is -0.0685. The van der Waals surface area contributed by atoms with E-state index in [0.717, 1.165) is 56.2 Å². The number of rotatable bonds is 8. The molecule has 8 nitrogen and oxygen atoms in total. The normalized spacial score (nSPS) is 24.4. The van der Waals surface area contributed by atoms with Gasteiger partial charge in [0.05, 0.1) is 39.1 Å². The Bertz CT molecular complexity index is 642. The number of ether oxygens (including phenoxy) is 5. The van der Waals surface area contributed by atoms with Gasteiger partial charge in [0.25, 0.3) is 0 Å². The van der Waals surface area contributed by atoms with E-state index in [1.165, 1.54) is 38.5 Å². The van der Waals surface area contributed by atoms with Crippen molar-refractivity contribution in [1.82, 2.24) is 14.8 Å². The van der Waals surface area contributed by atoms with Gasteiger partial charge in [0.2, 0.25) is 0 Å². The molecule has 1 aromatic heterocycles. The van der Waals surface area contributed by atoms with Crippen LogP contribution in [0, 0.1) is 0 Å². The molecule has 0 spiro atoms. The van der Waals surface area contributed by atoms with Gasteiger partial charge in [-0.2, -0.15) is 16.9 Å². The smallest absolute Gasteiger partial charge is 0.176 e. The van der Waals surface area contributed by atoms with E-state index in [1.807, 2.05) is 16.4 Å². The molecule has 9 heteroatoms. The maximum atomic E-state index is 6.22. The first-order valence-electron chi connectivity index (χ1n) is 13.3. The van der Waals surface area contributed by atoms with Crippen LogP contribution in [0.25, 0.3) is 0 Å². The third-order valence-corrected chi connectivity index (χ3v) is 7.21. The molecule has 1 fully saturated rings. The van der Waals surface area contributed by atoms with Crippen molar-refractivity contribution in [2.45, 2.75) is 96.7 Å². The lowest BCUT2D eigenvalue weighted by Gasteiger charge is -2.23. The van der Waals surface area contributed by atoms with Gasteiger partial charge in [0.15, 0.2) is 17.9 Å². The van der Waals surface area contributed by atoms with Gasteiger partial charge in [0, 0.05) is 18.1 Å². The van der Waals surface area contributed by atoms with Crippen LogP contribution in [0.3, 0.4) is 0 Å².